The minimum atomic E-state index is -0.922. The monoisotopic (exact) mass is 418 g/mol. The fraction of sp³-hybridized carbons (Fsp3) is 0.125. The largest absolute Gasteiger partial charge is 0.377 e. The lowest BCUT2D eigenvalue weighted by Crippen LogP contribution is -2.13. The number of carbonyl (C=O) groups is 1. The zero-order valence-corrected chi connectivity index (χ0v) is 17.0. The SMILES string of the molecule is Cc1cncc(C(=O)Nc2cccc([C@H](C)Nc3cnc4cc(F)c(F)cc4c3)c2)c1. The van der Waals surface area contributed by atoms with Crippen molar-refractivity contribution in [3.63, 3.8) is 0 Å². The normalized spacial score (nSPS) is 11.9. The minimum Gasteiger partial charge on any atom is -0.377 e. The van der Waals surface area contributed by atoms with Crippen molar-refractivity contribution >= 4 is 28.2 Å². The standard InChI is InChI=1S/C24H20F2N4O/c1-14-6-18(12-27-11-14)24(31)30-19-5-3-4-16(7-19)15(2)29-20-8-17-9-21(25)22(26)10-23(17)28-13-20/h3-13,15,29H,1-2H3,(H,30,31)/t15-/m0/s1. The molecule has 0 aliphatic heterocycles. The maximum atomic E-state index is 13.5. The average Bonchev–Trinajstić information content (AvgIpc) is 2.75. The van der Waals surface area contributed by atoms with E-state index in [4.69, 9.17) is 0 Å². The van der Waals surface area contributed by atoms with Gasteiger partial charge in [-0.2, -0.15) is 0 Å². The van der Waals surface area contributed by atoms with Gasteiger partial charge in [-0.15, -0.1) is 0 Å². The summed E-state index contributed by atoms with van der Waals surface area (Å²) in [5, 5.41) is 6.69. The molecular formula is C24H20F2N4O. The van der Waals surface area contributed by atoms with Crippen molar-refractivity contribution < 1.29 is 13.6 Å². The van der Waals surface area contributed by atoms with Crippen LogP contribution in [0.25, 0.3) is 10.9 Å². The molecule has 0 unspecified atom stereocenters. The number of hydrogen-bond donors (Lipinski definition) is 2. The molecule has 5 nitrogen and oxygen atoms in total. The van der Waals surface area contributed by atoms with E-state index in [0.717, 1.165) is 23.3 Å². The first-order valence-electron chi connectivity index (χ1n) is 9.73. The summed E-state index contributed by atoms with van der Waals surface area (Å²) in [4.78, 5) is 20.7. The van der Waals surface area contributed by atoms with Crippen LogP contribution in [0.2, 0.25) is 0 Å². The number of halogens is 2. The minimum absolute atomic E-state index is 0.123. The number of pyridine rings is 2. The van der Waals surface area contributed by atoms with E-state index >= 15 is 0 Å². The number of aryl methyl sites for hydroxylation is 1. The third-order valence-electron chi connectivity index (χ3n) is 4.89. The van der Waals surface area contributed by atoms with E-state index in [0.29, 0.717) is 27.8 Å². The molecule has 2 N–H and O–H groups in total. The number of anilines is 2. The Kier molecular flexibility index (Phi) is 5.58. The zero-order chi connectivity index (χ0) is 22.0. The fourth-order valence-corrected chi connectivity index (χ4v) is 3.30. The zero-order valence-electron chi connectivity index (χ0n) is 17.0. The van der Waals surface area contributed by atoms with Gasteiger partial charge in [0.25, 0.3) is 5.91 Å². The molecule has 2 aromatic carbocycles. The highest BCUT2D eigenvalue weighted by Crippen LogP contribution is 2.25. The van der Waals surface area contributed by atoms with Crippen LogP contribution in [0.4, 0.5) is 20.2 Å². The molecule has 0 spiro atoms. The summed E-state index contributed by atoms with van der Waals surface area (Å²) in [6, 6.07) is 13.1. The molecule has 2 aromatic heterocycles. The van der Waals surface area contributed by atoms with Crippen LogP contribution in [0.3, 0.4) is 0 Å². The highest BCUT2D eigenvalue weighted by atomic mass is 19.2. The molecule has 156 valence electrons. The smallest absolute Gasteiger partial charge is 0.257 e. The molecule has 4 rings (SSSR count). The number of hydrogen-bond acceptors (Lipinski definition) is 4. The topological polar surface area (TPSA) is 66.9 Å². The van der Waals surface area contributed by atoms with E-state index in [1.807, 2.05) is 38.1 Å². The van der Waals surface area contributed by atoms with Crippen LogP contribution in [-0.2, 0) is 0 Å². The molecule has 0 fully saturated rings. The molecule has 0 bridgehead atoms. The summed E-state index contributed by atoms with van der Waals surface area (Å²) in [6.07, 6.45) is 4.79. The first-order valence-corrected chi connectivity index (χ1v) is 9.73. The number of nitrogens with one attached hydrogen (secondary N) is 2. The average molecular weight is 418 g/mol. The molecule has 0 saturated carbocycles. The summed E-state index contributed by atoms with van der Waals surface area (Å²) in [7, 11) is 0. The van der Waals surface area contributed by atoms with E-state index in [-0.39, 0.29) is 11.9 Å². The highest BCUT2D eigenvalue weighted by Gasteiger charge is 2.11. The molecule has 0 aliphatic rings. The summed E-state index contributed by atoms with van der Waals surface area (Å²) < 4.78 is 26.9. The van der Waals surface area contributed by atoms with Gasteiger partial charge in [0, 0.05) is 35.6 Å². The lowest BCUT2D eigenvalue weighted by atomic mass is 10.1. The first-order chi connectivity index (χ1) is 14.9. The van der Waals surface area contributed by atoms with Gasteiger partial charge >= 0.3 is 0 Å². The molecule has 0 aliphatic carbocycles. The van der Waals surface area contributed by atoms with Crippen molar-refractivity contribution in [2.24, 2.45) is 0 Å². The molecule has 1 atom stereocenters. The Morgan fingerprint density at radius 2 is 1.77 bits per heavy atom. The van der Waals surface area contributed by atoms with Gasteiger partial charge in [0.1, 0.15) is 0 Å². The van der Waals surface area contributed by atoms with Gasteiger partial charge in [0.2, 0.25) is 0 Å². The second-order valence-corrected chi connectivity index (χ2v) is 7.38. The van der Waals surface area contributed by atoms with Crippen LogP contribution in [0.5, 0.6) is 0 Å². The molecule has 7 heteroatoms. The fourth-order valence-electron chi connectivity index (χ4n) is 3.30. The number of carbonyl (C=O) groups excluding carboxylic acids is 1. The third kappa shape index (κ3) is 4.66. The number of fused-ring (bicyclic) bond motifs is 1. The molecule has 2 heterocycles. The molecule has 4 aromatic rings. The number of nitrogens with zero attached hydrogens (tertiary/aromatic N) is 2. The lowest BCUT2D eigenvalue weighted by Gasteiger charge is -2.17. The summed E-state index contributed by atoms with van der Waals surface area (Å²) in [6.45, 7) is 3.84. The third-order valence-corrected chi connectivity index (χ3v) is 4.89. The number of benzene rings is 2. The van der Waals surface area contributed by atoms with Gasteiger partial charge in [0.15, 0.2) is 11.6 Å². The number of amides is 1. The Balaban J connectivity index is 1.50. The van der Waals surface area contributed by atoms with E-state index in [1.165, 1.54) is 6.20 Å². The quantitative estimate of drug-likeness (QED) is 0.440. The van der Waals surface area contributed by atoms with Crippen LogP contribution >= 0.6 is 0 Å². The van der Waals surface area contributed by atoms with Gasteiger partial charge in [0.05, 0.1) is 23.0 Å². The predicted octanol–water partition coefficient (Wildman–Crippen LogP) is 5.64. The van der Waals surface area contributed by atoms with E-state index in [1.54, 1.807) is 24.5 Å². The molecule has 31 heavy (non-hydrogen) atoms. The van der Waals surface area contributed by atoms with Crippen molar-refractivity contribution in [3.8, 4) is 0 Å². The Bertz CT molecular complexity index is 1280. The van der Waals surface area contributed by atoms with Crippen LogP contribution in [0, 0.1) is 18.6 Å². The second kappa shape index (κ2) is 8.47. The van der Waals surface area contributed by atoms with Crippen molar-refractivity contribution in [2.45, 2.75) is 19.9 Å². The van der Waals surface area contributed by atoms with Crippen LogP contribution in [0.15, 0.2) is 67.1 Å². The number of aromatic nitrogens is 2. The van der Waals surface area contributed by atoms with E-state index in [9.17, 15) is 13.6 Å². The summed E-state index contributed by atoms with van der Waals surface area (Å²) >= 11 is 0. The van der Waals surface area contributed by atoms with Gasteiger partial charge < -0.3 is 10.6 Å². The van der Waals surface area contributed by atoms with Crippen molar-refractivity contribution in [1.29, 1.82) is 0 Å². The van der Waals surface area contributed by atoms with Crippen molar-refractivity contribution in [1.82, 2.24) is 9.97 Å². The Labute approximate surface area is 178 Å². The van der Waals surface area contributed by atoms with Crippen molar-refractivity contribution in [3.05, 3.63) is 95.4 Å². The molecule has 1 amide bonds. The van der Waals surface area contributed by atoms with Crippen molar-refractivity contribution in [2.75, 3.05) is 10.6 Å². The second-order valence-electron chi connectivity index (χ2n) is 7.38. The Morgan fingerprint density at radius 1 is 0.968 bits per heavy atom. The van der Waals surface area contributed by atoms with Gasteiger partial charge in [-0.3, -0.25) is 14.8 Å². The van der Waals surface area contributed by atoms with Crippen LogP contribution in [0.1, 0.15) is 34.5 Å². The lowest BCUT2D eigenvalue weighted by molar-refractivity contribution is 0.102. The summed E-state index contributed by atoms with van der Waals surface area (Å²) in [5.41, 5.74) is 4.05. The van der Waals surface area contributed by atoms with E-state index < -0.39 is 11.6 Å². The van der Waals surface area contributed by atoms with Gasteiger partial charge in [-0.1, -0.05) is 12.1 Å². The molecule has 0 saturated heterocycles. The Hall–Kier alpha value is -3.87. The molecular weight excluding hydrogens is 398 g/mol. The Morgan fingerprint density at radius 3 is 2.58 bits per heavy atom. The van der Waals surface area contributed by atoms with Gasteiger partial charge in [-0.25, -0.2) is 8.78 Å². The van der Waals surface area contributed by atoms with Crippen LogP contribution < -0.4 is 10.6 Å². The maximum Gasteiger partial charge on any atom is 0.257 e. The maximum absolute atomic E-state index is 13.5. The van der Waals surface area contributed by atoms with Gasteiger partial charge in [-0.05, 0) is 55.3 Å². The van der Waals surface area contributed by atoms with E-state index in [2.05, 4.69) is 20.6 Å². The number of rotatable bonds is 5. The van der Waals surface area contributed by atoms with Crippen LogP contribution in [-0.4, -0.2) is 15.9 Å². The predicted molar refractivity (Wildman–Crippen MR) is 117 cm³/mol. The highest BCUT2D eigenvalue weighted by molar-refractivity contribution is 6.04. The molecule has 0 radical (unpaired) electrons. The summed E-state index contributed by atoms with van der Waals surface area (Å²) in [5.74, 6) is -2.07. The first kappa shape index (κ1) is 20.4.